The number of amides is 2. The summed E-state index contributed by atoms with van der Waals surface area (Å²) in [6, 6.07) is 7.52. The zero-order valence-corrected chi connectivity index (χ0v) is 11.5. The molecule has 1 aliphatic heterocycles. The summed E-state index contributed by atoms with van der Waals surface area (Å²) in [7, 11) is 1.28. The molecule has 0 aliphatic carbocycles. The highest BCUT2D eigenvalue weighted by molar-refractivity contribution is 6.00. The Morgan fingerprint density at radius 1 is 1.35 bits per heavy atom. The minimum atomic E-state index is -0.608. The van der Waals surface area contributed by atoms with Crippen molar-refractivity contribution in [3.8, 4) is 0 Å². The van der Waals surface area contributed by atoms with Gasteiger partial charge >= 0.3 is 6.09 Å². The van der Waals surface area contributed by atoms with Gasteiger partial charge in [-0.2, -0.15) is 5.10 Å². The minimum Gasteiger partial charge on any atom is -0.452 e. The first kappa shape index (κ1) is 14.0. The van der Waals surface area contributed by atoms with E-state index in [9.17, 15) is 9.59 Å². The van der Waals surface area contributed by atoms with Gasteiger partial charge in [-0.1, -0.05) is 12.1 Å². The Morgan fingerprint density at radius 2 is 2.05 bits per heavy atom. The second-order valence-corrected chi connectivity index (χ2v) is 4.50. The van der Waals surface area contributed by atoms with Crippen LogP contribution in [0.2, 0.25) is 0 Å². The Hall–Kier alpha value is -2.37. The van der Waals surface area contributed by atoms with Gasteiger partial charge in [-0.15, -0.1) is 0 Å². The van der Waals surface area contributed by atoms with E-state index >= 15 is 0 Å². The highest BCUT2D eigenvalue weighted by Gasteiger charge is 2.21. The molecule has 0 spiro atoms. The molecule has 0 atom stereocenters. The van der Waals surface area contributed by atoms with E-state index in [2.05, 4.69) is 15.3 Å². The smallest absolute Gasteiger partial charge is 0.427 e. The van der Waals surface area contributed by atoms with Crippen LogP contribution < -0.4 is 10.3 Å². The summed E-state index contributed by atoms with van der Waals surface area (Å²) >= 11 is 0. The maximum atomic E-state index is 11.6. The molecule has 0 bridgehead atoms. The third kappa shape index (κ3) is 3.14. The van der Waals surface area contributed by atoms with Crippen LogP contribution in [0.3, 0.4) is 0 Å². The van der Waals surface area contributed by atoms with Gasteiger partial charge in [-0.05, 0) is 31.0 Å². The van der Waals surface area contributed by atoms with Gasteiger partial charge in [0.25, 0.3) is 0 Å². The van der Waals surface area contributed by atoms with Crippen LogP contribution in [0.5, 0.6) is 0 Å². The third-order valence-corrected chi connectivity index (χ3v) is 3.17. The van der Waals surface area contributed by atoms with Crippen molar-refractivity contribution >= 4 is 23.4 Å². The average molecular weight is 275 g/mol. The van der Waals surface area contributed by atoms with Crippen molar-refractivity contribution in [3.63, 3.8) is 0 Å². The number of nitrogens with zero attached hydrogens (tertiary/aromatic N) is 2. The van der Waals surface area contributed by atoms with Crippen molar-refractivity contribution < 1.29 is 14.3 Å². The van der Waals surface area contributed by atoms with Crippen LogP contribution in [0, 0.1) is 0 Å². The van der Waals surface area contributed by atoms with Gasteiger partial charge < -0.3 is 9.64 Å². The van der Waals surface area contributed by atoms with E-state index in [1.54, 1.807) is 11.8 Å². The number of hydrogen-bond acceptors (Lipinski definition) is 4. The molecular weight excluding hydrogens is 258 g/mol. The van der Waals surface area contributed by atoms with Gasteiger partial charge in [0.1, 0.15) is 0 Å². The van der Waals surface area contributed by atoms with Crippen LogP contribution in [0.4, 0.5) is 10.5 Å². The van der Waals surface area contributed by atoms with Crippen LogP contribution in [-0.4, -0.2) is 31.4 Å². The van der Waals surface area contributed by atoms with Crippen molar-refractivity contribution in [2.45, 2.75) is 19.8 Å². The Kier molecular flexibility index (Phi) is 4.34. The van der Waals surface area contributed by atoms with Crippen LogP contribution >= 0.6 is 0 Å². The molecule has 6 heteroatoms. The summed E-state index contributed by atoms with van der Waals surface area (Å²) in [5.41, 5.74) is 4.70. The molecular formula is C14H17N3O3. The lowest BCUT2D eigenvalue weighted by atomic mass is 10.1. The van der Waals surface area contributed by atoms with Crippen molar-refractivity contribution in [1.29, 1.82) is 0 Å². The molecule has 106 valence electrons. The highest BCUT2D eigenvalue weighted by Crippen LogP contribution is 2.21. The van der Waals surface area contributed by atoms with Crippen molar-refractivity contribution in [3.05, 3.63) is 29.8 Å². The molecule has 1 aliphatic rings. The van der Waals surface area contributed by atoms with E-state index in [1.807, 2.05) is 24.3 Å². The van der Waals surface area contributed by atoms with Gasteiger partial charge in [-0.25, -0.2) is 10.2 Å². The number of benzene rings is 1. The fraction of sp³-hybridized carbons (Fsp3) is 0.357. The van der Waals surface area contributed by atoms with E-state index in [4.69, 9.17) is 0 Å². The lowest BCUT2D eigenvalue weighted by Crippen LogP contribution is -2.23. The Morgan fingerprint density at radius 3 is 2.60 bits per heavy atom. The zero-order chi connectivity index (χ0) is 14.5. The summed E-state index contributed by atoms with van der Waals surface area (Å²) in [5, 5.41) is 3.92. The van der Waals surface area contributed by atoms with Crippen molar-refractivity contribution in [1.82, 2.24) is 5.43 Å². The molecule has 1 N–H and O–H groups in total. The number of carbonyl (C=O) groups excluding carboxylic acids is 2. The number of anilines is 1. The zero-order valence-electron chi connectivity index (χ0n) is 11.5. The maximum absolute atomic E-state index is 11.6. The number of nitrogens with one attached hydrogen (secondary N) is 1. The SMILES string of the molecule is COC(=O)N/N=C(/C)c1ccc(N2CCCC2=O)cc1. The molecule has 0 saturated carbocycles. The second kappa shape index (κ2) is 6.18. The van der Waals surface area contributed by atoms with Gasteiger partial charge in [-0.3, -0.25) is 4.79 Å². The van der Waals surface area contributed by atoms with Gasteiger partial charge in [0, 0.05) is 18.7 Å². The van der Waals surface area contributed by atoms with Crippen LogP contribution in [0.1, 0.15) is 25.3 Å². The number of hydrogen-bond donors (Lipinski definition) is 1. The number of ether oxygens (including phenoxy) is 1. The molecule has 0 radical (unpaired) electrons. The first-order chi connectivity index (χ1) is 9.61. The molecule has 1 aromatic carbocycles. The second-order valence-electron chi connectivity index (χ2n) is 4.50. The van der Waals surface area contributed by atoms with E-state index in [0.29, 0.717) is 12.1 Å². The molecule has 0 aromatic heterocycles. The van der Waals surface area contributed by atoms with E-state index < -0.39 is 6.09 Å². The first-order valence-corrected chi connectivity index (χ1v) is 6.41. The van der Waals surface area contributed by atoms with Crippen molar-refractivity contribution in [2.75, 3.05) is 18.6 Å². The molecule has 2 rings (SSSR count). The Labute approximate surface area is 117 Å². The number of carbonyl (C=O) groups is 2. The third-order valence-electron chi connectivity index (χ3n) is 3.17. The number of rotatable bonds is 3. The summed E-state index contributed by atoms with van der Waals surface area (Å²) in [6.07, 6.45) is 0.915. The Bertz CT molecular complexity index is 537. The minimum absolute atomic E-state index is 0.162. The van der Waals surface area contributed by atoms with Crippen LogP contribution in [0.15, 0.2) is 29.4 Å². The van der Waals surface area contributed by atoms with E-state index in [1.165, 1.54) is 7.11 Å². The first-order valence-electron chi connectivity index (χ1n) is 6.41. The predicted octanol–water partition coefficient (Wildman–Crippen LogP) is 1.89. The van der Waals surface area contributed by atoms with E-state index in [0.717, 1.165) is 24.2 Å². The Balaban J connectivity index is 2.07. The van der Waals surface area contributed by atoms with E-state index in [-0.39, 0.29) is 5.91 Å². The molecule has 1 heterocycles. The lowest BCUT2D eigenvalue weighted by molar-refractivity contribution is -0.117. The summed E-state index contributed by atoms with van der Waals surface area (Å²) < 4.78 is 4.43. The number of hydrazone groups is 1. The fourth-order valence-corrected chi connectivity index (χ4v) is 2.04. The lowest BCUT2D eigenvalue weighted by Gasteiger charge is -2.15. The normalized spacial score (nSPS) is 15.4. The molecule has 20 heavy (non-hydrogen) atoms. The quantitative estimate of drug-likeness (QED) is 0.676. The van der Waals surface area contributed by atoms with Crippen LogP contribution in [-0.2, 0) is 9.53 Å². The van der Waals surface area contributed by atoms with Gasteiger partial charge in [0.05, 0.1) is 12.8 Å². The molecule has 1 saturated heterocycles. The summed E-state index contributed by atoms with van der Waals surface area (Å²) in [5.74, 6) is 0.162. The molecule has 2 amide bonds. The monoisotopic (exact) mass is 275 g/mol. The molecule has 0 unspecified atom stereocenters. The van der Waals surface area contributed by atoms with Gasteiger partial charge in [0.15, 0.2) is 0 Å². The molecule has 1 fully saturated rings. The fourth-order valence-electron chi connectivity index (χ4n) is 2.04. The largest absolute Gasteiger partial charge is 0.452 e. The summed E-state index contributed by atoms with van der Waals surface area (Å²) in [6.45, 7) is 2.56. The van der Waals surface area contributed by atoms with Gasteiger partial charge in [0.2, 0.25) is 5.91 Å². The summed E-state index contributed by atoms with van der Waals surface area (Å²) in [4.78, 5) is 24.4. The topological polar surface area (TPSA) is 71.0 Å². The molecule has 6 nitrogen and oxygen atoms in total. The molecule has 1 aromatic rings. The van der Waals surface area contributed by atoms with Crippen molar-refractivity contribution in [2.24, 2.45) is 5.10 Å². The average Bonchev–Trinajstić information content (AvgIpc) is 2.90. The maximum Gasteiger partial charge on any atom is 0.427 e. The van der Waals surface area contributed by atoms with Crippen LogP contribution in [0.25, 0.3) is 0 Å². The standard InChI is InChI=1S/C14H17N3O3/c1-10(15-16-14(19)20-2)11-5-7-12(8-6-11)17-9-3-4-13(17)18/h5-8H,3-4,9H2,1-2H3,(H,16,19)/b15-10-. The highest BCUT2D eigenvalue weighted by atomic mass is 16.5. The predicted molar refractivity (Wildman–Crippen MR) is 75.8 cm³/mol. The number of methoxy groups -OCH3 is 1.